The number of nitrogens with zero attached hydrogens (tertiary/aromatic N) is 4. The van der Waals surface area contributed by atoms with E-state index < -0.39 is 15.8 Å². The fourth-order valence-corrected chi connectivity index (χ4v) is 3.96. The number of fused-ring (bicyclic) bond motifs is 1. The smallest absolute Gasteiger partial charge is 0.264 e. The van der Waals surface area contributed by atoms with Gasteiger partial charge in [-0.3, -0.25) is 9.40 Å². The molecule has 27 heavy (non-hydrogen) atoms. The molecule has 0 aliphatic heterocycles. The maximum absolute atomic E-state index is 13.9. The van der Waals surface area contributed by atoms with E-state index in [-0.39, 0.29) is 33.2 Å². The summed E-state index contributed by atoms with van der Waals surface area (Å²) in [4.78, 5) is -0.0776. The van der Waals surface area contributed by atoms with Gasteiger partial charge in [-0.15, -0.1) is 0 Å². The van der Waals surface area contributed by atoms with Crippen LogP contribution in [-0.4, -0.2) is 28.5 Å². The summed E-state index contributed by atoms with van der Waals surface area (Å²) in [6.45, 7) is 0.0516. The van der Waals surface area contributed by atoms with Crippen LogP contribution in [0.25, 0.3) is 11.0 Å². The first-order chi connectivity index (χ1) is 12.9. The maximum Gasteiger partial charge on any atom is 0.264 e. The Morgan fingerprint density at radius 2 is 2.00 bits per heavy atom. The van der Waals surface area contributed by atoms with E-state index in [2.05, 4.69) is 24.8 Å². The molecule has 11 heteroatoms. The van der Waals surface area contributed by atoms with Crippen molar-refractivity contribution in [2.45, 2.75) is 11.4 Å². The standard InChI is InChI=1S/C16H11ClFN5O3S/c17-12-3-1-4-13(18)11(12)9-23-8-10(7-19-23)22-27(24,25)15-6-2-5-14-16(15)21-26-20-14/h1-8,22H,9H2. The third-order valence-corrected chi connectivity index (χ3v) is 5.57. The highest BCUT2D eigenvalue weighted by Crippen LogP contribution is 2.23. The number of sulfonamides is 1. The molecule has 4 rings (SSSR count). The summed E-state index contributed by atoms with van der Waals surface area (Å²) < 4.78 is 47.6. The molecule has 8 nitrogen and oxygen atoms in total. The fraction of sp³-hybridized carbons (Fsp3) is 0.0625. The van der Waals surface area contributed by atoms with Crippen molar-refractivity contribution in [3.8, 4) is 0 Å². The van der Waals surface area contributed by atoms with E-state index in [0.29, 0.717) is 5.52 Å². The minimum absolute atomic E-state index is 0.0516. The highest BCUT2D eigenvalue weighted by molar-refractivity contribution is 7.93. The zero-order valence-electron chi connectivity index (χ0n) is 13.5. The van der Waals surface area contributed by atoms with E-state index in [9.17, 15) is 12.8 Å². The van der Waals surface area contributed by atoms with Gasteiger partial charge < -0.3 is 0 Å². The lowest BCUT2D eigenvalue weighted by molar-refractivity contribution is 0.315. The van der Waals surface area contributed by atoms with E-state index in [4.69, 9.17) is 11.6 Å². The molecule has 4 aromatic rings. The van der Waals surface area contributed by atoms with Crippen LogP contribution in [0.1, 0.15) is 5.56 Å². The van der Waals surface area contributed by atoms with E-state index >= 15 is 0 Å². The van der Waals surface area contributed by atoms with Crippen LogP contribution in [0.5, 0.6) is 0 Å². The van der Waals surface area contributed by atoms with Crippen molar-refractivity contribution in [2.24, 2.45) is 0 Å². The van der Waals surface area contributed by atoms with Gasteiger partial charge in [-0.05, 0) is 34.6 Å². The Morgan fingerprint density at radius 3 is 2.81 bits per heavy atom. The fourth-order valence-electron chi connectivity index (χ4n) is 2.56. The molecule has 0 saturated heterocycles. The molecular weight excluding hydrogens is 397 g/mol. The zero-order valence-corrected chi connectivity index (χ0v) is 15.1. The molecule has 0 aliphatic carbocycles. The molecule has 0 spiro atoms. The molecule has 0 unspecified atom stereocenters. The molecule has 2 aromatic carbocycles. The van der Waals surface area contributed by atoms with Crippen LogP contribution in [-0.2, 0) is 16.6 Å². The minimum atomic E-state index is -3.95. The summed E-state index contributed by atoms with van der Waals surface area (Å²) >= 11 is 6.00. The summed E-state index contributed by atoms with van der Waals surface area (Å²) in [5, 5.41) is 11.6. The maximum atomic E-state index is 13.9. The van der Waals surface area contributed by atoms with E-state index in [1.54, 1.807) is 12.1 Å². The van der Waals surface area contributed by atoms with E-state index in [0.717, 1.165) is 0 Å². The number of hydrogen-bond donors (Lipinski definition) is 1. The molecule has 0 amide bonds. The van der Waals surface area contributed by atoms with Gasteiger partial charge in [-0.1, -0.05) is 23.7 Å². The molecule has 0 radical (unpaired) electrons. The Morgan fingerprint density at radius 1 is 1.19 bits per heavy atom. The first-order valence-corrected chi connectivity index (χ1v) is 9.49. The first-order valence-electron chi connectivity index (χ1n) is 7.63. The summed E-state index contributed by atoms with van der Waals surface area (Å²) in [5.74, 6) is -0.467. The monoisotopic (exact) mass is 407 g/mol. The molecule has 1 N–H and O–H groups in total. The summed E-state index contributed by atoms with van der Waals surface area (Å²) in [5.41, 5.74) is 0.907. The molecule has 138 valence electrons. The minimum Gasteiger partial charge on any atom is -0.276 e. The number of halogens is 2. The summed E-state index contributed by atoms with van der Waals surface area (Å²) in [6.07, 6.45) is 2.75. The van der Waals surface area contributed by atoms with Crippen molar-refractivity contribution in [3.63, 3.8) is 0 Å². The Bertz CT molecular complexity index is 1220. The van der Waals surface area contributed by atoms with Gasteiger partial charge >= 0.3 is 0 Å². The van der Waals surface area contributed by atoms with Crippen molar-refractivity contribution >= 4 is 38.3 Å². The van der Waals surface area contributed by atoms with Crippen LogP contribution in [0.2, 0.25) is 5.02 Å². The number of hydrogen-bond acceptors (Lipinski definition) is 6. The quantitative estimate of drug-likeness (QED) is 0.545. The molecular formula is C16H11ClFN5O3S. The number of aromatic nitrogens is 4. The second-order valence-electron chi connectivity index (χ2n) is 5.62. The number of anilines is 1. The van der Waals surface area contributed by atoms with Gasteiger partial charge in [0.1, 0.15) is 16.2 Å². The molecule has 2 heterocycles. The van der Waals surface area contributed by atoms with Crippen LogP contribution >= 0.6 is 11.6 Å². The van der Waals surface area contributed by atoms with Gasteiger partial charge in [-0.25, -0.2) is 17.4 Å². The topological polar surface area (TPSA) is 103 Å². The third kappa shape index (κ3) is 3.36. The van der Waals surface area contributed by atoms with E-state index in [1.165, 1.54) is 41.3 Å². The van der Waals surface area contributed by atoms with Crippen molar-refractivity contribution < 1.29 is 17.4 Å². The van der Waals surface area contributed by atoms with Crippen LogP contribution < -0.4 is 4.72 Å². The van der Waals surface area contributed by atoms with E-state index in [1.807, 2.05) is 0 Å². The molecule has 0 aliphatic rings. The van der Waals surface area contributed by atoms with Crippen LogP contribution in [0, 0.1) is 5.82 Å². The van der Waals surface area contributed by atoms with Gasteiger partial charge in [0, 0.05) is 16.8 Å². The Labute approximate surface area is 157 Å². The lowest BCUT2D eigenvalue weighted by Crippen LogP contribution is -2.13. The Balaban J connectivity index is 1.60. The average molecular weight is 408 g/mol. The SMILES string of the molecule is O=S(=O)(Nc1cnn(Cc2c(F)cccc2Cl)c1)c1cccc2nonc12. The average Bonchev–Trinajstić information content (AvgIpc) is 3.26. The molecule has 2 aromatic heterocycles. The van der Waals surface area contributed by atoms with Crippen molar-refractivity contribution in [1.29, 1.82) is 0 Å². The predicted molar refractivity (Wildman–Crippen MR) is 95.4 cm³/mol. The van der Waals surface area contributed by atoms with Crippen molar-refractivity contribution in [3.05, 3.63) is 65.2 Å². The van der Waals surface area contributed by atoms with Gasteiger partial charge in [0.05, 0.1) is 18.4 Å². The number of benzene rings is 2. The first kappa shape index (κ1) is 17.4. The van der Waals surface area contributed by atoms with Crippen LogP contribution in [0.4, 0.5) is 10.1 Å². The third-order valence-electron chi connectivity index (χ3n) is 3.81. The van der Waals surface area contributed by atoms with Gasteiger partial charge in [-0.2, -0.15) is 5.10 Å². The van der Waals surface area contributed by atoms with Gasteiger partial charge in [0.15, 0.2) is 5.52 Å². The van der Waals surface area contributed by atoms with Crippen molar-refractivity contribution in [1.82, 2.24) is 20.1 Å². The highest BCUT2D eigenvalue weighted by Gasteiger charge is 2.21. The molecule has 0 fully saturated rings. The lowest BCUT2D eigenvalue weighted by Gasteiger charge is -2.07. The Hall–Kier alpha value is -2.98. The predicted octanol–water partition coefficient (Wildman–Crippen LogP) is 3.06. The van der Waals surface area contributed by atoms with Gasteiger partial charge in [0.25, 0.3) is 10.0 Å². The second-order valence-corrected chi connectivity index (χ2v) is 7.68. The van der Waals surface area contributed by atoms with Gasteiger partial charge in [0.2, 0.25) is 0 Å². The van der Waals surface area contributed by atoms with Crippen molar-refractivity contribution in [2.75, 3.05) is 4.72 Å². The number of nitrogens with one attached hydrogen (secondary N) is 1. The normalized spacial score (nSPS) is 11.8. The lowest BCUT2D eigenvalue weighted by atomic mass is 10.2. The van der Waals surface area contributed by atoms with Crippen LogP contribution in [0.15, 0.2) is 58.3 Å². The zero-order chi connectivity index (χ0) is 19.0. The highest BCUT2D eigenvalue weighted by atomic mass is 35.5. The molecule has 0 saturated carbocycles. The Kier molecular flexibility index (Phi) is 4.28. The number of rotatable bonds is 5. The largest absolute Gasteiger partial charge is 0.276 e. The van der Waals surface area contributed by atoms with Crippen LogP contribution in [0.3, 0.4) is 0 Å². The summed E-state index contributed by atoms with van der Waals surface area (Å²) in [7, 11) is -3.95. The molecule has 0 bridgehead atoms. The molecule has 0 atom stereocenters. The second kappa shape index (κ2) is 6.63. The summed E-state index contributed by atoms with van der Waals surface area (Å²) in [6, 6.07) is 8.87.